The summed E-state index contributed by atoms with van der Waals surface area (Å²) in [7, 11) is 0. The fourth-order valence-electron chi connectivity index (χ4n) is 3.96. The molecule has 0 bridgehead atoms. The number of fused-ring (bicyclic) bond motifs is 3. The van der Waals surface area contributed by atoms with Gasteiger partial charge in [-0.2, -0.15) is 5.26 Å². The quantitative estimate of drug-likeness (QED) is 0.583. The van der Waals surface area contributed by atoms with Gasteiger partial charge in [0.05, 0.1) is 17.3 Å². The molecule has 2 atom stereocenters. The second kappa shape index (κ2) is 5.51. The van der Waals surface area contributed by atoms with E-state index < -0.39 is 0 Å². The number of nitriles is 1. The maximum atomic E-state index is 8.91. The summed E-state index contributed by atoms with van der Waals surface area (Å²) in [6, 6.07) is 7.99. The highest BCUT2D eigenvalue weighted by molar-refractivity contribution is 5.74. The number of anilines is 1. The fraction of sp³-hybridized carbons (Fsp3) is 0.316. The third kappa shape index (κ3) is 2.28. The van der Waals surface area contributed by atoms with Crippen LogP contribution in [-0.2, 0) is 0 Å². The lowest BCUT2D eigenvalue weighted by Gasteiger charge is -2.51. The molecule has 8 heteroatoms. The minimum Gasteiger partial charge on any atom is -0.367 e. The molecule has 4 heterocycles. The molecule has 1 fully saturated rings. The molecule has 1 saturated carbocycles. The number of aromatic amines is 1. The van der Waals surface area contributed by atoms with Crippen LogP contribution >= 0.6 is 0 Å². The maximum Gasteiger partial charge on any atom is 0.179 e. The highest BCUT2D eigenvalue weighted by atomic mass is 15.3. The summed E-state index contributed by atoms with van der Waals surface area (Å²) in [4.78, 5) is 11.9. The number of hydrogen-bond donors (Lipinski definition) is 2. The Morgan fingerprint density at radius 2 is 2.11 bits per heavy atom. The van der Waals surface area contributed by atoms with Gasteiger partial charge < -0.3 is 10.3 Å². The van der Waals surface area contributed by atoms with Gasteiger partial charge in [0.25, 0.3) is 0 Å². The smallest absolute Gasteiger partial charge is 0.179 e. The topological polar surface area (TPSA) is 108 Å². The number of aromatic nitrogens is 6. The lowest BCUT2D eigenvalue weighted by atomic mass is 9.58. The predicted molar refractivity (Wildman–Crippen MR) is 100 cm³/mol. The van der Waals surface area contributed by atoms with E-state index in [0.29, 0.717) is 5.56 Å². The average Bonchev–Trinajstić information content (AvgIpc) is 3.31. The molecule has 2 N–H and O–H groups in total. The van der Waals surface area contributed by atoms with Crippen molar-refractivity contribution in [1.29, 1.82) is 5.26 Å². The molecule has 0 spiro atoms. The minimum atomic E-state index is -0.0234. The Morgan fingerprint density at radius 3 is 2.85 bits per heavy atom. The van der Waals surface area contributed by atoms with Crippen molar-refractivity contribution < 1.29 is 0 Å². The van der Waals surface area contributed by atoms with Gasteiger partial charge in [-0.05, 0) is 30.0 Å². The first-order valence-corrected chi connectivity index (χ1v) is 8.88. The Hall–Kier alpha value is -3.47. The SMILES string of the molecule is CC1(C)[C@@H](Nc2ccc(C#N)cn2)C[C@H]1c1nnc2cnc3[nH]ccc3n12. The third-order valence-electron chi connectivity index (χ3n) is 5.76. The van der Waals surface area contributed by atoms with E-state index in [1.54, 1.807) is 18.5 Å². The zero-order valence-corrected chi connectivity index (χ0v) is 15.0. The van der Waals surface area contributed by atoms with E-state index in [9.17, 15) is 0 Å². The minimum absolute atomic E-state index is 0.0234. The molecule has 0 aromatic carbocycles. The van der Waals surface area contributed by atoms with Gasteiger partial charge in [0, 0.05) is 24.4 Å². The standard InChI is InChI=1S/C19H18N8/c1-19(2)12(7-14(19)24-15-4-3-11(8-20)9-22-15)18-26-25-16-10-23-17-13(27(16)18)5-6-21-17/h3-6,9-10,12,14,21H,7H2,1-2H3,(H,22,24)/t12-,14-/m0/s1. The van der Waals surface area contributed by atoms with Crippen LogP contribution in [0.25, 0.3) is 16.8 Å². The van der Waals surface area contributed by atoms with E-state index in [2.05, 4.69) is 54.8 Å². The molecule has 4 aromatic rings. The Balaban J connectivity index is 1.45. The van der Waals surface area contributed by atoms with Gasteiger partial charge in [-0.3, -0.25) is 4.40 Å². The predicted octanol–water partition coefficient (Wildman–Crippen LogP) is 2.87. The molecular formula is C19H18N8. The Kier molecular flexibility index (Phi) is 3.22. The van der Waals surface area contributed by atoms with Gasteiger partial charge in [0.1, 0.15) is 17.7 Å². The largest absolute Gasteiger partial charge is 0.367 e. The van der Waals surface area contributed by atoms with Gasteiger partial charge in [0.2, 0.25) is 0 Å². The van der Waals surface area contributed by atoms with Crippen LogP contribution < -0.4 is 5.32 Å². The number of H-pyrrole nitrogens is 1. The number of rotatable bonds is 3. The summed E-state index contributed by atoms with van der Waals surface area (Å²) in [5, 5.41) is 21.2. The average molecular weight is 358 g/mol. The Bertz CT molecular complexity index is 1180. The number of hydrogen-bond acceptors (Lipinski definition) is 6. The third-order valence-corrected chi connectivity index (χ3v) is 5.76. The fourth-order valence-corrected chi connectivity index (χ4v) is 3.96. The summed E-state index contributed by atoms with van der Waals surface area (Å²) < 4.78 is 2.10. The summed E-state index contributed by atoms with van der Waals surface area (Å²) >= 11 is 0. The lowest BCUT2D eigenvalue weighted by Crippen LogP contribution is -2.52. The zero-order chi connectivity index (χ0) is 18.6. The maximum absolute atomic E-state index is 8.91. The zero-order valence-electron chi connectivity index (χ0n) is 15.0. The second-order valence-electron chi connectivity index (χ2n) is 7.57. The van der Waals surface area contributed by atoms with Crippen molar-refractivity contribution in [3.8, 4) is 6.07 Å². The molecule has 134 valence electrons. The number of nitrogens with zero attached hydrogens (tertiary/aromatic N) is 6. The van der Waals surface area contributed by atoms with Crippen LogP contribution in [0, 0.1) is 16.7 Å². The van der Waals surface area contributed by atoms with Crippen LogP contribution in [0.3, 0.4) is 0 Å². The van der Waals surface area contributed by atoms with Crippen LogP contribution in [0.15, 0.2) is 36.8 Å². The Labute approximate surface area is 155 Å². The van der Waals surface area contributed by atoms with E-state index in [4.69, 9.17) is 5.26 Å². The van der Waals surface area contributed by atoms with E-state index in [-0.39, 0.29) is 17.4 Å². The van der Waals surface area contributed by atoms with Crippen LogP contribution in [0.4, 0.5) is 5.82 Å². The second-order valence-corrected chi connectivity index (χ2v) is 7.57. The highest BCUT2D eigenvalue weighted by Crippen LogP contribution is 2.53. The lowest BCUT2D eigenvalue weighted by molar-refractivity contribution is 0.105. The Morgan fingerprint density at radius 1 is 1.22 bits per heavy atom. The molecule has 4 aromatic heterocycles. The molecule has 0 unspecified atom stereocenters. The molecular weight excluding hydrogens is 340 g/mol. The first-order chi connectivity index (χ1) is 13.1. The molecule has 27 heavy (non-hydrogen) atoms. The van der Waals surface area contributed by atoms with Gasteiger partial charge in [-0.1, -0.05) is 13.8 Å². The van der Waals surface area contributed by atoms with Crippen molar-refractivity contribution in [3.63, 3.8) is 0 Å². The summed E-state index contributed by atoms with van der Waals surface area (Å²) in [6.07, 6.45) is 6.15. The summed E-state index contributed by atoms with van der Waals surface area (Å²) in [6.45, 7) is 4.47. The molecule has 0 aliphatic heterocycles. The molecule has 0 saturated heterocycles. The van der Waals surface area contributed by atoms with E-state index in [1.807, 2.05) is 18.3 Å². The van der Waals surface area contributed by atoms with Crippen molar-refractivity contribution >= 4 is 22.6 Å². The van der Waals surface area contributed by atoms with Gasteiger partial charge in [0.15, 0.2) is 11.3 Å². The van der Waals surface area contributed by atoms with Crippen LogP contribution in [0.5, 0.6) is 0 Å². The monoisotopic (exact) mass is 358 g/mol. The number of nitrogens with one attached hydrogen (secondary N) is 2. The van der Waals surface area contributed by atoms with E-state index >= 15 is 0 Å². The van der Waals surface area contributed by atoms with Crippen LogP contribution in [0.2, 0.25) is 0 Å². The summed E-state index contributed by atoms with van der Waals surface area (Å²) in [5.41, 5.74) is 3.12. The van der Waals surface area contributed by atoms with E-state index in [1.165, 1.54) is 0 Å². The molecule has 8 nitrogen and oxygen atoms in total. The van der Waals surface area contributed by atoms with Crippen molar-refractivity contribution in [2.45, 2.75) is 32.2 Å². The highest BCUT2D eigenvalue weighted by Gasteiger charge is 2.51. The van der Waals surface area contributed by atoms with Gasteiger partial charge >= 0.3 is 0 Å². The molecule has 1 aliphatic rings. The van der Waals surface area contributed by atoms with E-state index in [0.717, 1.165) is 34.9 Å². The van der Waals surface area contributed by atoms with Crippen molar-refractivity contribution in [1.82, 2.24) is 29.5 Å². The molecule has 0 radical (unpaired) electrons. The van der Waals surface area contributed by atoms with Crippen molar-refractivity contribution in [2.24, 2.45) is 5.41 Å². The normalized spacial score (nSPS) is 21.1. The van der Waals surface area contributed by atoms with Crippen molar-refractivity contribution in [2.75, 3.05) is 5.32 Å². The van der Waals surface area contributed by atoms with Gasteiger partial charge in [-0.15, -0.1) is 10.2 Å². The van der Waals surface area contributed by atoms with Gasteiger partial charge in [-0.25, -0.2) is 9.97 Å². The first-order valence-electron chi connectivity index (χ1n) is 8.88. The molecule has 1 aliphatic carbocycles. The molecule has 5 rings (SSSR count). The first kappa shape index (κ1) is 15.8. The van der Waals surface area contributed by atoms with Crippen LogP contribution in [-0.4, -0.2) is 35.6 Å². The van der Waals surface area contributed by atoms with Crippen LogP contribution in [0.1, 0.15) is 37.6 Å². The molecule has 0 amide bonds. The number of pyridine rings is 1. The van der Waals surface area contributed by atoms with Crippen molar-refractivity contribution in [3.05, 3.63) is 48.2 Å². The summed E-state index contributed by atoms with van der Waals surface area (Å²) in [5.74, 6) is 2.02.